The van der Waals surface area contributed by atoms with Crippen LogP contribution in [0.5, 0.6) is 0 Å². The monoisotopic (exact) mass is 162 g/mol. The number of aryl methyl sites for hydroxylation is 2. The zero-order valence-corrected chi connectivity index (χ0v) is 7.54. The zero-order chi connectivity index (χ0) is 8.97. The third kappa shape index (κ3) is 2.21. The normalized spacial score (nSPS) is 10.9. The molecule has 1 aromatic carbocycles. The van der Waals surface area contributed by atoms with Gasteiger partial charge < -0.3 is 5.11 Å². The van der Waals surface area contributed by atoms with Crippen LogP contribution in [0.15, 0.2) is 24.3 Å². The minimum atomic E-state index is 0.104. The maximum absolute atomic E-state index is 8.59. The van der Waals surface area contributed by atoms with Crippen LogP contribution < -0.4 is 0 Å². The van der Waals surface area contributed by atoms with Gasteiger partial charge in [-0.25, -0.2) is 0 Å². The first-order valence-electron chi connectivity index (χ1n) is 4.08. The van der Waals surface area contributed by atoms with Gasteiger partial charge in [-0.1, -0.05) is 35.9 Å². The van der Waals surface area contributed by atoms with Crippen LogP contribution in [0.25, 0.3) is 6.08 Å². The average Bonchev–Trinajstić information content (AvgIpc) is 2.03. The molecule has 0 saturated carbocycles. The highest BCUT2D eigenvalue weighted by molar-refractivity contribution is 5.54. The van der Waals surface area contributed by atoms with Crippen LogP contribution in [0.3, 0.4) is 0 Å². The summed E-state index contributed by atoms with van der Waals surface area (Å²) in [6.07, 6.45) is 3.69. The SMILES string of the molecule is Cc1ccc(/C=C/CO)c(C)c1. The first-order valence-corrected chi connectivity index (χ1v) is 4.08. The summed E-state index contributed by atoms with van der Waals surface area (Å²) in [5, 5.41) is 8.59. The van der Waals surface area contributed by atoms with Crippen molar-refractivity contribution in [1.29, 1.82) is 0 Å². The van der Waals surface area contributed by atoms with E-state index in [9.17, 15) is 0 Å². The van der Waals surface area contributed by atoms with E-state index in [2.05, 4.69) is 32.0 Å². The quantitative estimate of drug-likeness (QED) is 0.707. The lowest BCUT2D eigenvalue weighted by molar-refractivity contribution is 0.343. The van der Waals surface area contributed by atoms with Crippen LogP contribution in [0.4, 0.5) is 0 Å². The van der Waals surface area contributed by atoms with E-state index in [1.165, 1.54) is 16.7 Å². The minimum absolute atomic E-state index is 0.104. The van der Waals surface area contributed by atoms with Crippen molar-refractivity contribution in [2.75, 3.05) is 6.61 Å². The predicted molar refractivity (Wildman–Crippen MR) is 52.0 cm³/mol. The summed E-state index contributed by atoms with van der Waals surface area (Å²) in [4.78, 5) is 0. The van der Waals surface area contributed by atoms with Crippen LogP contribution in [0, 0.1) is 13.8 Å². The Balaban J connectivity index is 2.94. The van der Waals surface area contributed by atoms with E-state index in [-0.39, 0.29) is 6.61 Å². The number of aliphatic hydroxyl groups is 1. The molecule has 0 saturated heterocycles. The lowest BCUT2D eigenvalue weighted by Crippen LogP contribution is -1.82. The van der Waals surface area contributed by atoms with Gasteiger partial charge in [0.1, 0.15) is 0 Å². The molecule has 0 atom stereocenters. The molecule has 0 radical (unpaired) electrons. The molecule has 0 bridgehead atoms. The Kier molecular flexibility index (Phi) is 3.06. The van der Waals surface area contributed by atoms with Crippen LogP contribution in [-0.2, 0) is 0 Å². The number of benzene rings is 1. The summed E-state index contributed by atoms with van der Waals surface area (Å²) in [7, 11) is 0. The van der Waals surface area contributed by atoms with Crippen molar-refractivity contribution in [3.63, 3.8) is 0 Å². The summed E-state index contributed by atoms with van der Waals surface area (Å²) in [6.45, 7) is 4.25. The molecule has 0 aliphatic heterocycles. The second kappa shape index (κ2) is 4.07. The molecule has 1 aromatic rings. The first kappa shape index (κ1) is 9.01. The van der Waals surface area contributed by atoms with Gasteiger partial charge in [-0.2, -0.15) is 0 Å². The summed E-state index contributed by atoms with van der Waals surface area (Å²) in [5.41, 5.74) is 3.70. The lowest BCUT2D eigenvalue weighted by atomic mass is 10.1. The second-order valence-corrected chi connectivity index (χ2v) is 2.94. The molecule has 0 heterocycles. The van der Waals surface area contributed by atoms with Gasteiger partial charge in [0.05, 0.1) is 6.61 Å². The van der Waals surface area contributed by atoms with Crippen molar-refractivity contribution in [3.8, 4) is 0 Å². The smallest absolute Gasteiger partial charge is 0.0615 e. The molecule has 0 aliphatic carbocycles. The van der Waals surface area contributed by atoms with Crippen LogP contribution in [-0.4, -0.2) is 11.7 Å². The second-order valence-electron chi connectivity index (χ2n) is 2.94. The topological polar surface area (TPSA) is 20.2 Å². The maximum Gasteiger partial charge on any atom is 0.0615 e. The van der Waals surface area contributed by atoms with Gasteiger partial charge >= 0.3 is 0 Å². The van der Waals surface area contributed by atoms with Crippen molar-refractivity contribution in [2.45, 2.75) is 13.8 Å². The first-order chi connectivity index (χ1) is 5.74. The highest BCUT2D eigenvalue weighted by atomic mass is 16.2. The molecule has 1 N–H and O–H groups in total. The predicted octanol–water partition coefficient (Wildman–Crippen LogP) is 2.31. The number of rotatable bonds is 2. The summed E-state index contributed by atoms with van der Waals surface area (Å²) >= 11 is 0. The summed E-state index contributed by atoms with van der Waals surface area (Å²) in [5.74, 6) is 0. The molecule has 0 amide bonds. The van der Waals surface area contributed by atoms with Gasteiger partial charge in [-0.15, -0.1) is 0 Å². The van der Waals surface area contributed by atoms with Crippen molar-refractivity contribution in [1.82, 2.24) is 0 Å². The Morgan fingerprint density at radius 2 is 2.08 bits per heavy atom. The number of aliphatic hydroxyl groups excluding tert-OH is 1. The minimum Gasteiger partial charge on any atom is -0.392 e. The van der Waals surface area contributed by atoms with E-state index in [1.54, 1.807) is 6.08 Å². The highest BCUT2D eigenvalue weighted by Crippen LogP contribution is 2.11. The molecule has 1 heteroatoms. The third-order valence-corrected chi connectivity index (χ3v) is 1.83. The Morgan fingerprint density at radius 1 is 1.33 bits per heavy atom. The molecule has 0 unspecified atom stereocenters. The fourth-order valence-electron chi connectivity index (χ4n) is 1.19. The Hall–Kier alpha value is -1.08. The van der Waals surface area contributed by atoms with Crippen molar-refractivity contribution >= 4 is 6.08 Å². The summed E-state index contributed by atoms with van der Waals surface area (Å²) in [6, 6.07) is 6.28. The van der Waals surface area contributed by atoms with Crippen LogP contribution >= 0.6 is 0 Å². The van der Waals surface area contributed by atoms with Gasteiger partial charge in [-0.3, -0.25) is 0 Å². The molecular weight excluding hydrogens is 148 g/mol. The van der Waals surface area contributed by atoms with Gasteiger partial charge in [0.2, 0.25) is 0 Å². The molecule has 64 valence electrons. The van der Waals surface area contributed by atoms with Gasteiger partial charge in [0.25, 0.3) is 0 Å². The zero-order valence-electron chi connectivity index (χ0n) is 7.54. The molecule has 0 fully saturated rings. The van der Waals surface area contributed by atoms with Crippen molar-refractivity contribution in [2.24, 2.45) is 0 Å². The Morgan fingerprint density at radius 3 is 2.67 bits per heavy atom. The van der Waals surface area contributed by atoms with Gasteiger partial charge in [0, 0.05) is 0 Å². The average molecular weight is 162 g/mol. The molecule has 12 heavy (non-hydrogen) atoms. The van der Waals surface area contributed by atoms with E-state index in [1.807, 2.05) is 6.08 Å². The Labute approximate surface area is 73.4 Å². The maximum atomic E-state index is 8.59. The van der Waals surface area contributed by atoms with E-state index in [0.29, 0.717) is 0 Å². The van der Waals surface area contributed by atoms with E-state index >= 15 is 0 Å². The van der Waals surface area contributed by atoms with Gasteiger partial charge in [0.15, 0.2) is 0 Å². The van der Waals surface area contributed by atoms with E-state index in [0.717, 1.165) is 0 Å². The van der Waals surface area contributed by atoms with Gasteiger partial charge in [-0.05, 0) is 25.0 Å². The third-order valence-electron chi connectivity index (χ3n) is 1.83. The Bertz CT molecular complexity index is 287. The molecule has 0 spiro atoms. The summed E-state index contributed by atoms with van der Waals surface area (Å²) < 4.78 is 0. The van der Waals surface area contributed by atoms with Crippen molar-refractivity contribution < 1.29 is 5.11 Å². The number of hydrogen-bond acceptors (Lipinski definition) is 1. The van der Waals surface area contributed by atoms with E-state index in [4.69, 9.17) is 5.11 Å². The fraction of sp³-hybridized carbons (Fsp3) is 0.273. The molecule has 0 aliphatic rings. The van der Waals surface area contributed by atoms with E-state index < -0.39 is 0 Å². The molecule has 1 nitrogen and oxygen atoms in total. The van der Waals surface area contributed by atoms with Crippen LogP contribution in [0.2, 0.25) is 0 Å². The largest absolute Gasteiger partial charge is 0.392 e. The molecule has 0 aromatic heterocycles. The molecule has 1 rings (SSSR count). The van der Waals surface area contributed by atoms with Crippen molar-refractivity contribution in [3.05, 3.63) is 41.0 Å². The van der Waals surface area contributed by atoms with Crippen LogP contribution in [0.1, 0.15) is 16.7 Å². The lowest BCUT2D eigenvalue weighted by Gasteiger charge is -2.00. The molecular formula is C11H14O. The standard InChI is InChI=1S/C11H14O/c1-9-5-6-11(4-3-7-12)10(2)8-9/h3-6,8,12H,7H2,1-2H3/b4-3+. The number of hydrogen-bond donors (Lipinski definition) is 1. The fourth-order valence-corrected chi connectivity index (χ4v) is 1.19. The highest BCUT2D eigenvalue weighted by Gasteiger charge is 1.92.